The topological polar surface area (TPSA) is 38.3 Å². The summed E-state index contributed by atoms with van der Waals surface area (Å²) in [6.07, 6.45) is 4.82. The second-order valence-corrected chi connectivity index (χ2v) is 3.98. The molecule has 1 aromatic carbocycles. The standard InChI is InChI=1S/C14H15NO2/c1-10-14(17-2)7-13(8-15-10)12-5-3-11(9-16)4-6-12/h3-10,15H,1-2H3. The zero-order valence-electron chi connectivity index (χ0n) is 9.94. The number of dihydropyridines is 1. The van der Waals surface area contributed by atoms with Crippen molar-refractivity contribution in [2.75, 3.05) is 7.11 Å². The first-order valence-electron chi connectivity index (χ1n) is 5.52. The number of rotatable bonds is 3. The van der Waals surface area contributed by atoms with Crippen molar-refractivity contribution >= 4 is 11.9 Å². The van der Waals surface area contributed by atoms with Crippen LogP contribution < -0.4 is 5.32 Å². The van der Waals surface area contributed by atoms with E-state index < -0.39 is 0 Å². The molecule has 0 bridgehead atoms. The molecule has 1 atom stereocenters. The Hall–Kier alpha value is -2.03. The van der Waals surface area contributed by atoms with Crippen molar-refractivity contribution in [3.63, 3.8) is 0 Å². The molecule has 0 aliphatic carbocycles. The minimum atomic E-state index is 0.193. The summed E-state index contributed by atoms with van der Waals surface area (Å²) in [7, 11) is 1.67. The summed E-state index contributed by atoms with van der Waals surface area (Å²) in [5.74, 6) is 0.905. The van der Waals surface area contributed by atoms with Gasteiger partial charge >= 0.3 is 0 Å². The van der Waals surface area contributed by atoms with Crippen LogP contribution in [0.2, 0.25) is 0 Å². The van der Waals surface area contributed by atoms with Crippen molar-refractivity contribution in [1.82, 2.24) is 5.32 Å². The molecule has 0 spiro atoms. The van der Waals surface area contributed by atoms with E-state index in [0.717, 1.165) is 23.2 Å². The van der Waals surface area contributed by atoms with Gasteiger partial charge in [-0.2, -0.15) is 0 Å². The van der Waals surface area contributed by atoms with E-state index in [0.29, 0.717) is 5.56 Å². The van der Waals surface area contributed by atoms with Gasteiger partial charge in [0.2, 0.25) is 0 Å². The van der Waals surface area contributed by atoms with Crippen LogP contribution in [0, 0.1) is 0 Å². The van der Waals surface area contributed by atoms with Gasteiger partial charge in [-0.3, -0.25) is 4.79 Å². The quantitative estimate of drug-likeness (QED) is 0.809. The fourth-order valence-corrected chi connectivity index (χ4v) is 1.77. The lowest BCUT2D eigenvalue weighted by molar-refractivity contribution is 0.112. The molecule has 1 heterocycles. The summed E-state index contributed by atoms with van der Waals surface area (Å²) in [6, 6.07) is 7.66. The molecular weight excluding hydrogens is 214 g/mol. The Bertz CT molecular complexity index is 472. The van der Waals surface area contributed by atoms with Gasteiger partial charge in [0.25, 0.3) is 0 Å². The van der Waals surface area contributed by atoms with Crippen molar-refractivity contribution in [2.45, 2.75) is 13.0 Å². The Morgan fingerprint density at radius 3 is 2.59 bits per heavy atom. The van der Waals surface area contributed by atoms with Gasteiger partial charge in [-0.25, -0.2) is 0 Å². The van der Waals surface area contributed by atoms with E-state index >= 15 is 0 Å². The molecule has 0 saturated heterocycles. The van der Waals surface area contributed by atoms with Gasteiger partial charge in [0.05, 0.1) is 13.2 Å². The second-order valence-electron chi connectivity index (χ2n) is 3.98. The summed E-state index contributed by atoms with van der Waals surface area (Å²) in [4.78, 5) is 10.6. The number of aldehydes is 1. The molecule has 0 fully saturated rings. The van der Waals surface area contributed by atoms with Crippen LogP contribution in [0.4, 0.5) is 0 Å². The number of carbonyl (C=O) groups is 1. The molecule has 3 nitrogen and oxygen atoms in total. The maximum Gasteiger partial charge on any atom is 0.150 e. The first-order chi connectivity index (χ1) is 8.24. The number of nitrogens with one attached hydrogen (secondary N) is 1. The van der Waals surface area contributed by atoms with Crippen molar-refractivity contribution in [3.8, 4) is 0 Å². The Labute approximate surface area is 101 Å². The normalized spacial score (nSPS) is 18.8. The van der Waals surface area contributed by atoms with Crippen LogP contribution >= 0.6 is 0 Å². The van der Waals surface area contributed by atoms with E-state index in [2.05, 4.69) is 5.32 Å². The molecule has 3 heteroatoms. The van der Waals surface area contributed by atoms with Crippen LogP contribution in [0.5, 0.6) is 0 Å². The third-order valence-electron chi connectivity index (χ3n) is 2.83. The maximum absolute atomic E-state index is 10.6. The minimum Gasteiger partial charge on any atom is -0.499 e. The van der Waals surface area contributed by atoms with Crippen LogP contribution in [-0.4, -0.2) is 19.4 Å². The number of benzene rings is 1. The fourth-order valence-electron chi connectivity index (χ4n) is 1.77. The third kappa shape index (κ3) is 2.38. The lowest BCUT2D eigenvalue weighted by Gasteiger charge is -2.21. The predicted octanol–water partition coefficient (Wildman–Crippen LogP) is 2.36. The first-order valence-corrected chi connectivity index (χ1v) is 5.52. The highest BCUT2D eigenvalue weighted by atomic mass is 16.5. The molecule has 0 amide bonds. The highest BCUT2D eigenvalue weighted by Gasteiger charge is 2.13. The maximum atomic E-state index is 10.6. The molecular formula is C14H15NO2. The van der Waals surface area contributed by atoms with Gasteiger partial charge < -0.3 is 10.1 Å². The molecule has 1 unspecified atom stereocenters. The highest BCUT2D eigenvalue weighted by molar-refractivity contribution is 5.79. The summed E-state index contributed by atoms with van der Waals surface area (Å²) >= 11 is 0. The number of ether oxygens (including phenoxy) is 1. The molecule has 0 aromatic heterocycles. The molecule has 17 heavy (non-hydrogen) atoms. The van der Waals surface area contributed by atoms with E-state index in [-0.39, 0.29) is 6.04 Å². The summed E-state index contributed by atoms with van der Waals surface area (Å²) in [5.41, 5.74) is 2.80. The summed E-state index contributed by atoms with van der Waals surface area (Å²) in [6.45, 7) is 2.04. The van der Waals surface area contributed by atoms with Crippen LogP contribution in [0.1, 0.15) is 22.8 Å². The summed E-state index contributed by atoms with van der Waals surface area (Å²) in [5, 5.41) is 3.24. The average molecular weight is 229 g/mol. The van der Waals surface area contributed by atoms with Crippen LogP contribution in [0.3, 0.4) is 0 Å². The number of methoxy groups -OCH3 is 1. The number of carbonyl (C=O) groups excluding carboxylic acids is 1. The van der Waals surface area contributed by atoms with Crippen molar-refractivity contribution in [2.24, 2.45) is 0 Å². The average Bonchev–Trinajstić information content (AvgIpc) is 2.39. The Kier molecular flexibility index (Phi) is 3.28. The van der Waals surface area contributed by atoms with E-state index in [1.165, 1.54) is 0 Å². The van der Waals surface area contributed by atoms with Crippen LogP contribution in [0.25, 0.3) is 5.57 Å². The van der Waals surface area contributed by atoms with Gasteiger partial charge in [-0.1, -0.05) is 24.3 Å². The Morgan fingerprint density at radius 1 is 1.29 bits per heavy atom. The molecule has 1 aliphatic rings. The zero-order chi connectivity index (χ0) is 12.3. The fraction of sp³-hybridized carbons (Fsp3) is 0.214. The van der Waals surface area contributed by atoms with Gasteiger partial charge in [-0.05, 0) is 18.6 Å². The van der Waals surface area contributed by atoms with Crippen molar-refractivity contribution in [3.05, 3.63) is 53.4 Å². The largest absolute Gasteiger partial charge is 0.499 e. The van der Waals surface area contributed by atoms with E-state index in [4.69, 9.17) is 4.74 Å². The SMILES string of the molecule is COC1=CC(c2ccc(C=O)cc2)=CNC1C. The first kappa shape index (κ1) is 11.5. The smallest absolute Gasteiger partial charge is 0.150 e. The third-order valence-corrected chi connectivity index (χ3v) is 2.83. The van der Waals surface area contributed by atoms with Crippen molar-refractivity contribution in [1.29, 1.82) is 0 Å². The zero-order valence-corrected chi connectivity index (χ0v) is 9.94. The number of allylic oxidation sites excluding steroid dienone is 2. The summed E-state index contributed by atoms with van der Waals surface area (Å²) < 4.78 is 5.30. The van der Waals surface area contributed by atoms with Gasteiger partial charge in [0, 0.05) is 17.3 Å². The minimum absolute atomic E-state index is 0.193. The second kappa shape index (κ2) is 4.87. The predicted molar refractivity (Wildman–Crippen MR) is 67.5 cm³/mol. The van der Waals surface area contributed by atoms with Gasteiger partial charge in [-0.15, -0.1) is 0 Å². The number of hydrogen-bond donors (Lipinski definition) is 1. The van der Waals surface area contributed by atoms with Crippen LogP contribution in [-0.2, 0) is 4.74 Å². The monoisotopic (exact) mass is 229 g/mol. The lowest BCUT2D eigenvalue weighted by Crippen LogP contribution is -2.26. The Balaban J connectivity index is 2.28. The molecule has 0 saturated carbocycles. The van der Waals surface area contributed by atoms with Crippen LogP contribution in [0.15, 0.2) is 42.3 Å². The van der Waals surface area contributed by atoms with E-state index in [1.807, 2.05) is 43.5 Å². The molecule has 1 N–H and O–H groups in total. The molecule has 1 aliphatic heterocycles. The van der Waals surface area contributed by atoms with Gasteiger partial charge in [0.1, 0.15) is 12.0 Å². The molecule has 2 rings (SSSR count). The Morgan fingerprint density at radius 2 is 2.00 bits per heavy atom. The van der Waals surface area contributed by atoms with Crippen molar-refractivity contribution < 1.29 is 9.53 Å². The molecule has 1 aromatic rings. The lowest BCUT2D eigenvalue weighted by atomic mass is 10.0. The molecule has 0 radical (unpaired) electrons. The van der Waals surface area contributed by atoms with Gasteiger partial charge in [0.15, 0.2) is 0 Å². The highest BCUT2D eigenvalue weighted by Crippen LogP contribution is 2.22. The van der Waals surface area contributed by atoms with E-state index in [9.17, 15) is 4.79 Å². The number of hydrogen-bond acceptors (Lipinski definition) is 3. The molecule has 88 valence electrons. The van der Waals surface area contributed by atoms with E-state index in [1.54, 1.807) is 7.11 Å².